The molecule has 0 bridgehead atoms. The highest BCUT2D eigenvalue weighted by Crippen LogP contribution is 2.19. The molecule has 0 aliphatic heterocycles. The molecule has 0 aromatic carbocycles. The molecule has 0 aromatic heterocycles. The lowest BCUT2D eigenvalue weighted by Gasteiger charge is -2.26. The van der Waals surface area contributed by atoms with E-state index in [1.54, 1.807) is 14.2 Å². The molecule has 0 atom stereocenters. The maximum Gasteiger partial charge on any atom is 0.502 e. The standard InChI is InChI=1S/C9H19NO4Si/c1-9(2)5-6-15(11-3,12-4)14-8-13-7-10/h9H,5-6,8H2,1-4H3. The molecular weight excluding hydrogens is 214 g/mol. The highest BCUT2D eigenvalue weighted by atomic mass is 28.4. The SMILES string of the molecule is CO[Si](CCC(C)C)(OC)OCOC#N. The largest absolute Gasteiger partial charge is 0.502 e. The Kier molecular flexibility index (Phi) is 7.34. The highest BCUT2D eigenvalue weighted by Gasteiger charge is 2.39. The summed E-state index contributed by atoms with van der Waals surface area (Å²) in [5.41, 5.74) is 0. The lowest BCUT2D eigenvalue weighted by molar-refractivity contribution is 0.0119. The molecule has 0 N–H and O–H groups in total. The smallest absolute Gasteiger partial charge is 0.399 e. The Labute approximate surface area is 92.3 Å². The van der Waals surface area contributed by atoms with Crippen molar-refractivity contribution < 1.29 is 18.0 Å². The molecule has 0 rings (SSSR count). The molecule has 0 unspecified atom stereocenters. The summed E-state index contributed by atoms with van der Waals surface area (Å²) in [5.74, 6) is 0.558. The first-order chi connectivity index (χ1) is 7.10. The molecule has 5 nitrogen and oxygen atoms in total. The quantitative estimate of drug-likeness (QED) is 0.276. The van der Waals surface area contributed by atoms with Crippen molar-refractivity contribution >= 4 is 8.80 Å². The van der Waals surface area contributed by atoms with Crippen LogP contribution < -0.4 is 0 Å². The third-order valence-electron chi connectivity index (χ3n) is 2.05. The van der Waals surface area contributed by atoms with Gasteiger partial charge in [-0.1, -0.05) is 13.8 Å². The third kappa shape index (κ3) is 5.74. The van der Waals surface area contributed by atoms with Gasteiger partial charge in [0.2, 0.25) is 0 Å². The summed E-state index contributed by atoms with van der Waals surface area (Å²) < 4.78 is 20.4. The van der Waals surface area contributed by atoms with Crippen LogP contribution in [0.25, 0.3) is 0 Å². The fourth-order valence-electron chi connectivity index (χ4n) is 1.09. The molecule has 88 valence electrons. The lowest BCUT2D eigenvalue weighted by atomic mass is 10.2. The lowest BCUT2D eigenvalue weighted by Crippen LogP contribution is -2.44. The maximum atomic E-state index is 8.21. The van der Waals surface area contributed by atoms with Gasteiger partial charge < -0.3 is 18.0 Å². The van der Waals surface area contributed by atoms with Crippen LogP contribution in [0, 0.1) is 17.4 Å². The van der Waals surface area contributed by atoms with Crippen molar-refractivity contribution in [3.05, 3.63) is 0 Å². The monoisotopic (exact) mass is 233 g/mol. The van der Waals surface area contributed by atoms with E-state index in [4.69, 9.17) is 18.5 Å². The average Bonchev–Trinajstić information content (AvgIpc) is 2.23. The molecule has 0 aliphatic carbocycles. The topological polar surface area (TPSA) is 60.7 Å². The predicted octanol–water partition coefficient (Wildman–Crippen LogP) is 1.74. The van der Waals surface area contributed by atoms with Crippen molar-refractivity contribution in [3.8, 4) is 6.26 Å². The van der Waals surface area contributed by atoms with E-state index < -0.39 is 8.80 Å². The first kappa shape index (κ1) is 14.4. The number of ether oxygens (including phenoxy) is 1. The van der Waals surface area contributed by atoms with E-state index in [-0.39, 0.29) is 6.79 Å². The van der Waals surface area contributed by atoms with E-state index in [0.29, 0.717) is 5.92 Å². The van der Waals surface area contributed by atoms with Gasteiger partial charge in [-0.2, -0.15) is 5.26 Å². The van der Waals surface area contributed by atoms with E-state index in [0.717, 1.165) is 12.5 Å². The number of hydrogen-bond donors (Lipinski definition) is 0. The van der Waals surface area contributed by atoms with Crippen molar-refractivity contribution in [1.82, 2.24) is 0 Å². The minimum absolute atomic E-state index is 0.109. The molecule has 0 aliphatic rings. The molecule has 0 saturated heterocycles. The zero-order valence-electron chi connectivity index (χ0n) is 9.78. The Hall–Kier alpha value is -0.613. The van der Waals surface area contributed by atoms with Crippen molar-refractivity contribution in [1.29, 1.82) is 5.26 Å². The Morgan fingerprint density at radius 2 is 1.87 bits per heavy atom. The van der Waals surface area contributed by atoms with Gasteiger partial charge in [-0.25, -0.2) is 0 Å². The van der Waals surface area contributed by atoms with Gasteiger partial charge in [-0.05, 0) is 12.3 Å². The maximum absolute atomic E-state index is 8.21. The molecule has 0 spiro atoms. The van der Waals surface area contributed by atoms with Crippen LogP contribution in [0.15, 0.2) is 0 Å². The normalized spacial score (nSPS) is 11.5. The second-order valence-electron chi connectivity index (χ2n) is 3.52. The van der Waals surface area contributed by atoms with Gasteiger partial charge in [0.15, 0.2) is 6.79 Å². The number of hydrogen-bond acceptors (Lipinski definition) is 5. The molecule has 0 amide bonds. The van der Waals surface area contributed by atoms with E-state index in [9.17, 15) is 0 Å². The van der Waals surface area contributed by atoms with Gasteiger partial charge in [-0.3, -0.25) is 0 Å². The summed E-state index contributed by atoms with van der Waals surface area (Å²) in [4.78, 5) is 0. The first-order valence-corrected chi connectivity index (χ1v) is 6.78. The van der Waals surface area contributed by atoms with Crippen LogP contribution >= 0.6 is 0 Å². The van der Waals surface area contributed by atoms with Crippen LogP contribution in [-0.4, -0.2) is 29.8 Å². The van der Waals surface area contributed by atoms with Gasteiger partial charge >= 0.3 is 8.80 Å². The van der Waals surface area contributed by atoms with Crippen LogP contribution in [0.5, 0.6) is 0 Å². The molecular formula is C9H19NO4Si. The zero-order chi connectivity index (χ0) is 11.7. The second kappa shape index (κ2) is 7.65. The minimum Gasteiger partial charge on any atom is -0.399 e. The number of rotatable bonds is 8. The average molecular weight is 233 g/mol. The predicted molar refractivity (Wildman–Crippen MR) is 56.7 cm³/mol. The fourth-order valence-corrected chi connectivity index (χ4v) is 3.21. The van der Waals surface area contributed by atoms with Crippen LogP contribution in [0.3, 0.4) is 0 Å². The van der Waals surface area contributed by atoms with Crippen molar-refractivity contribution in [2.24, 2.45) is 5.92 Å². The van der Waals surface area contributed by atoms with Crippen molar-refractivity contribution in [2.45, 2.75) is 26.3 Å². The van der Waals surface area contributed by atoms with Crippen LogP contribution in [0.4, 0.5) is 0 Å². The third-order valence-corrected chi connectivity index (χ3v) is 4.75. The van der Waals surface area contributed by atoms with Gasteiger partial charge in [0.05, 0.1) is 0 Å². The first-order valence-electron chi connectivity index (χ1n) is 4.85. The summed E-state index contributed by atoms with van der Waals surface area (Å²) in [6.07, 6.45) is 2.50. The summed E-state index contributed by atoms with van der Waals surface area (Å²) in [6, 6.07) is 0.729. The molecule has 0 fully saturated rings. The zero-order valence-corrected chi connectivity index (χ0v) is 10.8. The number of nitriles is 1. The molecule has 0 radical (unpaired) electrons. The van der Waals surface area contributed by atoms with Crippen LogP contribution in [0.2, 0.25) is 6.04 Å². The second-order valence-corrected chi connectivity index (χ2v) is 6.49. The van der Waals surface area contributed by atoms with Crippen LogP contribution in [0.1, 0.15) is 20.3 Å². The summed E-state index contributed by atoms with van der Waals surface area (Å²) in [7, 11) is 0.496. The van der Waals surface area contributed by atoms with Crippen molar-refractivity contribution in [3.63, 3.8) is 0 Å². The van der Waals surface area contributed by atoms with E-state index >= 15 is 0 Å². The van der Waals surface area contributed by atoms with Gasteiger partial charge in [0, 0.05) is 20.3 Å². The van der Waals surface area contributed by atoms with Gasteiger partial charge in [-0.15, -0.1) is 0 Å². The van der Waals surface area contributed by atoms with Gasteiger partial charge in [0.1, 0.15) is 0 Å². The highest BCUT2D eigenvalue weighted by molar-refractivity contribution is 6.60. The molecule has 0 saturated carbocycles. The van der Waals surface area contributed by atoms with E-state index in [1.807, 2.05) is 0 Å². The van der Waals surface area contributed by atoms with Crippen LogP contribution in [-0.2, 0) is 18.0 Å². The molecule has 15 heavy (non-hydrogen) atoms. The van der Waals surface area contributed by atoms with Crippen molar-refractivity contribution in [2.75, 3.05) is 21.0 Å². The Morgan fingerprint density at radius 1 is 1.27 bits per heavy atom. The summed E-state index contributed by atoms with van der Waals surface area (Å²) >= 11 is 0. The molecule has 0 heterocycles. The fraction of sp³-hybridized carbons (Fsp3) is 0.889. The Balaban J connectivity index is 4.12. The molecule has 0 aromatic rings. The van der Waals surface area contributed by atoms with E-state index in [1.165, 1.54) is 6.26 Å². The van der Waals surface area contributed by atoms with E-state index in [2.05, 4.69) is 18.6 Å². The minimum atomic E-state index is -2.62. The number of nitrogens with zero attached hydrogens (tertiary/aromatic N) is 1. The van der Waals surface area contributed by atoms with Gasteiger partial charge in [0.25, 0.3) is 6.26 Å². The summed E-state index contributed by atoms with van der Waals surface area (Å²) in [5, 5.41) is 8.21. The molecule has 6 heteroatoms. The Morgan fingerprint density at radius 3 is 2.27 bits per heavy atom. The Bertz CT molecular complexity index is 201. The summed E-state index contributed by atoms with van der Waals surface area (Å²) in [6.45, 7) is 4.13.